The van der Waals surface area contributed by atoms with E-state index >= 15 is 0 Å². The Bertz CT molecular complexity index is 753. The Morgan fingerprint density at radius 2 is 1.61 bits per heavy atom. The number of carbonyl (C=O) groups is 1. The molecule has 0 amide bonds. The van der Waals surface area contributed by atoms with Gasteiger partial charge in [0.1, 0.15) is 11.5 Å². The Hall–Kier alpha value is -1.79. The standard InChI is InChI=1S/C15H15O6PS/c16-11-4-1-10(2-5-11)3-7-14(18)13-9-12(17)6-8-15(13)23-22(19,20)21/h1-2,4-6,8-9,16-17H,3,7H2,(H2,19,20,21). The van der Waals surface area contributed by atoms with Gasteiger partial charge in [0.25, 0.3) is 0 Å². The van der Waals surface area contributed by atoms with Crippen LogP contribution in [-0.4, -0.2) is 25.8 Å². The molecule has 0 bridgehead atoms. The molecule has 0 aromatic heterocycles. The fraction of sp³-hybridized carbons (Fsp3) is 0.133. The SMILES string of the molecule is O=C(CCc1ccc(O)cc1)c1cc(O)ccc1SP(=O)(O)O. The Balaban J connectivity index is 2.16. The molecule has 0 fully saturated rings. The van der Waals surface area contributed by atoms with E-state index in [-0.39, 0.29) is 45.5 Å². The minimum Gasteiger partial charge on any atom is -0.508 e. The highest BCUT2D eigenvalue weighted by atomic mass is 32.7. The number of carbonyl (C=O) groups excluding carboxylic acids is 1. The van der Waals surface area contributed by atoms with Crippen LogP contribution in [0.5, 0.6) is 11.5 Å². The van der Waals surface area contributed by atoms with Crippen LogP contribution >= 0.6 is 18.2 Å². The van der Waals surface area contributed by atoms with Crippen molar-refractivity contribution in [3.8, 4) is 11.5 Å². The van der Waals surface area contributed by atoms with Crippen molar-refractivity contribution in [3.63, 3.8) is 0 Å². The largest absolute Gasteiger partial charge is 0.508 e. The molecular weight excluding hydrogens is 339 g/mol. The van der Waals surface area contributed by atoms with Crippen LogP contribution in [0.3, 0.4) is 0 Å². The lowest BCUT2D eigenvalue weighted by molar-refractivity contribution is 0.0979. The van der Waals surface area contributed by atoms with Gasteiger partial charge in [-0.15, -0.1) is 0 Å². The van der Waals surface area contributed by atoms with E-state index in [0.29, 0.717) is 6.42 Å². The van der Waals surface area contributed by atoms with E-state index in [1.807, 2.05) is 0 Å². The molecule has 122 valence electrons. The zero-order valence-corrected chi connectivity index (χ0v) is 13.6. The zero-order chi connectivity index (χ0) is 17.0. The van der Waals surface area contributed by atoms with Crippen LogP contribution < -0.4 is 0 Å². The Morgan fingerprint density at radius 1 is 1.00 bits per heavy atom. The molecule has 2 aromatic carbocycles. The predicted octanol–water partition coefficient (Wildman–Crippen LogP) is 3.10. The number of phenols is 2. The van der Waals surface area contributed by atoms with Gasteiger partial charge in [0.2, 0.25) is 0 Å². The third-order valence-electron chi connectivity index (χ3n) is 3.06. The highest BCUT2D eigenvalue weighted by Gasteiger charge is 2.21. The normalized spacial score (nSPS) is 11.4. The summed E-state index contributed by atoms with van der Waals surface area (Å²) in [5, 5.41) is 18.7. The van der Waals surface area contributed by atoms with E-state index < -0.39 is 6.80 Å². The number of ketones is 1. The molecule has 0 spiro atoms. The van der Waals surface area contributed by atoms with Crippen molar-refractivity contribution < 1.29 is 29.4 Å². The van der Waals surface area contributed by atoms with Crippen molar-refractivity contribution in [2.75, 3.05) is 0 Å². The minimum absolute atomic E-state index is 0.0807. The molecule has 0 aliphatic heterocycles. The summed E-state index contributed by atoms with van der Waals surface area (Å²) in [6.45, 7) is -4.40. The number of hydrogen-bond acceptors (Lipinski definition) is 5. The van der Waals surface area contributed by atoms with E-state index in [1.54, 1.807) is 12.1 Å². The van der Waals surface area contributed by atoms with Gasteiger partial charge in [-0.2, -0.15) is 0 Å². The Morgan fingerprint density at radius 3 is 2.22 bits per heavy atom. The number of rotatable bonds is 6. The molecule has 0 unspecified atom stereocenters. The zero-order valence-electron chi connectivity index (χ0n) is 11.9. The first-order chi connectivity index (χ1) is 10.7. The lowest BCUT2D eigenvalue weighted by atomic mass is 10.0. The summed E-state index contributed by atoms with van der Waals surface area (Å²) in [6, 6.07) is 10.2. The number of Topliss-reactive ketones (excluding diaryl/α,β-unsaturated/α-hetero) is 1. The first-order valence-corrected chi connectivity index (χ1v) is 9.67. The maximum atomic E-state index is 12.3. The minimum atomic E-state index is -4.40. The van der Waals surface area contributed by atoms with E-state index in [2.05, 4.69) is 0 Å². The number of aromatic hydroxyl groups is 2. The molecule has 0 radical (unpaired) electrons. The van der Waals surface area contributed by atoms with Gasteiger partial charge in [0, 0.05) is 16.9 Å². The molecule has 23 heavy (non-hydrogen) atoms. The second-order valence-electron chi connectivity index (χ2n) is 4.85. The average molecular weight is 354 g/mol. The summed E-state index contributed by atoms with van der Waals surface area (Å²) < 4.78 is 11.1. The van der Waals surface area contributed by atoms with Crippen LogP contribution in [0, 0.1) is 0 Å². The fourth-order valence-electron chi connectivity index (χ4n) is 2.00. The third kappa shape index (κ3) is 5.41. The van der Waals surface area contributed by atoms with Crippen LogP contribution in [0.25, 0.3) is 0 Å². The summed E-state index contributed by atoms with van der Waals surface area (Å²) >= 11 is 0.290. The van der Waals surface area contributed by atoms with Crippen molar-refractivity contribution in [1.29, 1.82) is 0 Å². The molecule has 0 aliphatic carbocycles. The van der Waals surface area contributed by atoms with Crippen LogP contribution in [0.2, 0.25) is 0 Å². The molecule has 0 aliphatic rings. The number of benzene rings is 2. The maximum absolute atomic E-state index is 12.3. The van der Waals surface area contributed by atoms with Gasteiger partial charge < -0.3 is 20.0 Å². The Labute approximate surface area is 136 Å². The van der Waals surface area contributed by atoms with Crippen molar-refractivity contribution in [2.24, 2.45) is 0 Å². The van der Waals surface area contributed by atoms with E-state index in [9.17, 15) is 19.6 Å². The summed E-state index contributed by atoms with van der Waals surface area (Å²) in [5.74, 6) is -0.341. The lowest BCUT2D eigenvalue weighted by Gasteiger charge is -2.10. The lowest BCUT2D eigenvalue weighted by Crippen LogP contribution is -2.03. The summed E-state index contributed by atoms with van der Waals surface area (Å²) in [5.41, 5.74) is 0.928. The molecule has 0 saturated heterocycles. The average Bonchev–Trinajstić information content (AvgIpc) is 2.47. The molecule has 4 N–H and O–H groups in total. The van der Waals surface area contributed by atoms with Crippen molar-refractivity contribution in [2.45, 2.75) is 17.7 Å². The molecule has 0 atom stereocenters. The monoisotopic (exact) mass is 354 g/mol. The maximum Gasteiger partial charge on any atom is 0.388 e. The van der Waals surface area contributed by atoms with Gasteiger partial charge >= 0.3 is 6.80 Å². The number of phenolic OH excluding ortho intramolecular Hbond substituents is 2. The van der Waals surface area contributed by atoms with E-state index in [0.717, 1.165) is 5.56 Å². The van der Waals surface area contributed by atoms with Gasteiger partial charge in [-0.05, 0) is 53.7 Å². The first-order valence-electron chi connectivity index (χ1n) is 6.64. The smallest absolute Gasteiger partial charge is 0.388 e. The second-order valence-corrected chi connectivity index (χ2v) is 8.43. The van der Waals surface area contributed by atoms with E-state index in [4.69, 9.17) is 9.79 Å². The Kier molecular flexibility index (Phi) is 5.49. The molecule has 0 heterocycles. The molecular formula is C15H15O6PS. The quantitative estimate of drug-likeness (QED) is 0.465. The van der Waals surface area contributed by atoms with Crippen LogP contribution in [0.15, 0.2) is 47.4 Å². The fourth-order valence-corrected chi connectivity index (χ4v) is 3.90. The third-order valence-corrected chi connectivity index (χ3v) is 5.15. The first kappa shape index (κ1) is 17.6. The van der Waals surface area contributed by atoms with Gasteiger partial charge in [-0.1, -0.05) is 12.1 Å². The topological polar surface area (TPSA) is 115 Å². The van der Waals surface area contributed by atoms with Gasteiger partial charge in [-0.3, -0.25) is 4.79 Å². The summed E-state index contributed by atoms with van der Waals surface area (Å²) in [7, 11) is 0. The number of aryl methyl sites for hydroxylation is 1. The predicted molar refractivity (Wildman–Crippen MR) is 86.8 cm³/mol. The number of hydrogen-bond donors (Lipinski definition) is 4. The van der Waals surface area contributed by atoms with Crippen LogP contribution in [0.4, 0.5) is 0 Å². The van der Waals surface area contributed by atoms with Gasteiger partial charge in [-0.25, -0.2) is 4.57 Å². The van der Waals surface area contributed by atoms with Gasteiger partial charge in [0.05, 0.1) is 0 Å². The van der Waals surface area contributed by atoms with Crippen molar-refractivity contribution in [1.82, 2.24) is 0 Å². The summed E-state index contributed by atoms with van der Waals surface area (Å²) in [4.78, 5) is 30.6. The molecule has 2 rings (SSSR count). The van der Waals surface area contributed by atoms with Crippen molar-refractivity contribution in [3.05, 3.63) is 53.6 Å². The van der Waals surface area contributed by atoms with Crippen LogP contribution in [0.1, 0.15) is 22.3 Å². The molecule has 8 heteroatoms. The van der Waals surface area contributed by atoms with Crippen molar-refractivity contribution >= 4 is 24.0 Å². The molecule has 6 nitrogen and oxygen atoms in total. The molecule has 2 aromatic rings. The van der Waals surface area contributed by atoms with Crippen LogP contribution in [-0.2, 0) is 11.0 Å². The van der Waals surface area contributed by atoms with E-state index in [1.165, 1.54) is 30.3 Å². The highest BCUT2D eigenvalue weighted by Crippen LogP contribution is 2.55. The second kappa shape index (κ2) is 7.19. The summed E-state index contributed by atoms with van der Waals surface area (Å²) in [6.07, 6.45) is 0.526. The highest BCUT2D eigenvalue weighted by molar-refractivity contribution is 8.54. The van der Waals surface area contributed by atoms with Gasteiger partial charge in [0.15, 0.2) is 5.78 Å². The molecule has 0 saturated carbocycles.